The molecule has 4 N–H and O–H groups in total. The number of carbonyl (C=O) groups is 2. The van der Waals surface area contributed by atoms with Gasteiger partial charge in [0.25, 0.3) is 5.91 Å². The van der Waals surface area contributed by atoms with Gasteiger partial charge in [0.05, 0.1) is 5.69 Å². The maximum atomic E-state index is 13.2. The van der Waals surface area contributed by atoms with Crippen LogP contribution in [0.2, 0.25) is 0 Å². The number of phenolic OH excluding ortho intramolecular Hbond substituents is 3. The van der Waals surface area contributed by atoms with Crippen LogP contribution in [-0.4, -0.2) is 27.0 Å². The van der Waals surface area contributed by atoms with Crippen LogP contribution in [0.15, 0.2) is 30.3 Å². The van der Waals surface area contributed by atoms with E-state index < -0.39 is 34.8 Å². The zero-order valence-electron chi connectivity index (χ0n) is 11.4. The van der Waals surface area contributed by atoms with Gasteiger partial charge >= 0.3 is 0 Å². The normalized spacial score (nSPS) is 10.3. The number of nitrogens with one attached hydrogen (secondary N) is 1. The Morgan fingerprint density at radius 1 is 1.00 bits per heavy atom. The molecule has 0 aliphatic heterocycles. The fourth-order valence-electron chi connectivity index (χ4n) is 1.81. The van der Waals surface area contributed by atoms with Gasteiger partial charge in [0.2, 0.25) is 0 Å². The Morgan fingerprint density at radius 3 is 2.23 bits per heavy atom. The third-order valence-electron chi connectivity index (χ3n) is 2.95. The molecule has 0 heterocycles. The van der Waals surface area contributed by atoms with Crippen LogP contribution in [0.4, 0.5) is 10.1 Å². The zero-order valence-corrected chi connectivity index (χ0v) is 11.4. The standard InChI is InChI=1S/C15H12FNO5/c1-7(18)9-5-13(20)14(21)6-11(9)17-15(22)8-2-3-12(19)10(16)4-8/h2-6,19-21H,1H3,(H,17,22). The number of phenols is 3. The number of hydrogen-bond donors (Lipinski definition) is 4. The first-order chi connectivity index (χ1) is 10.3. The third kappa shape index (κ3) is 2.98. The fourth-order valence-corrected chi connectivity index (χ4v) is 1.81. The summed E-state index contributed by atoms with van der Waals surface area (Å²) in [5.41, 5.74) is -0.124. The number of Topliss-reactive ketones (excluding diaryl/α,β-unsaturated/α-hetero) is 1. The predicted molar refractivity (Wildman–Crippen MR) is 75.8 cm³/mol. The Balaban J connectivity index is 2.37. The average Bonchev–Trinajstić information content (AvgIpc) is 2.45. The third-order valence-corrected chi connectivity index (χ3v) is 2.95. The zero-order chi connectivity index (χ0) is 16.4. The Morgan fingerprint density at radius 2 is 1.64 bits per heavy atom. The van der Waals surface area contributed by atoms with Gasteiger partial charge in [0.15, 0.2) is 28.8 Å². The molecule has 2 aromatic rings. The van der Waals surface area contributed by atoms with Crippen molar-refractivity contribution in [3.8, 4) is 17.2 Å². The van der Waals surface area contributed by atoms with Crippen molar-refractivity contribution in [2.24, 2.45) is 0 Å². The van der Waals surface area contributed by atoms with Crippen LogP contribution in [0.25, 0.3) is 0 Å². The SMILES string of the molecule is CC(=O)c1cc(O)c(O)cc1NC(=O)c1ccc(O)c(F)c1. The first-order valence-corrected chi connectivity index (χ1v) is 6.16. The highest BCUT2D eigenvalue weighted by molar-refractivity contribution is 6.09. The van der Waals surface area contributed by atoms with E-state index in [0.29, 0.717) is 0 Å². The van der Waals surface area contributed by atoms with Gasteiger partial charge < -0.3 is 20.6 Å². The van der Waals surface area contributed by atoms with Crippen LogP contribution in [0.3, 0.4) is 0 Å². The smallest absolute Gasteiger partial charge is 0.255 e. The lowest BCUT2D eigenvalue weighted by molar-refractivity contribution is 0.101. The molecule has 114 valence electrons. The van der Waals surface area contributed by atoms with Gasteiger partial charge in [-0.3, -0.25) is 9.59 Å². The largest absolute Gasteiger partial charge is 0.505 e. The molecule has 0 aliphatic carbocycles. The summed E-state index contributed by atoms with van der Waals surface area (Å²) < 4.78 is 13.2. The molecule has 2 aromatic carbocycles. The predicted octanol–water partition coefficient (Wildman–Crippen LogP) is 2.40. The van der Waals surface area contributed by atoms with E-state index in [1.165, 1.54) is 13.0 Å². The van der Waals surface area contributed by atoms with Gasteiger partial charge in [-0.15, -0.1) is 0 Å². The quantitative estimate of drug-likeness (QED) is 0.396. The number of carbonyl (C=O) groups excluding carboxylic acids is 2. The summed E-state index contributed by atoms with van der Waals surface area (Å²) in [4.78, 5) is 23.5. The minimum absolute atomic E-state index is 0.0112. The van der Waals surface area contributed by atoms with Crippen LogP contribution >= 0.6 is 0 Å². The number of hydrogen-bond acceptors (Lipinski definition) is 5. The van der Waals surface area contributed by atoms with E-state index in [-0.39, 0.29) is 16.8 Å². The number of benzene rings is 2. The number of rotatable bonds is 3. The first kappa shape index (κ1) is 15.3. The van der Waals surface area contributed by atoms with Gasteiger partial charge in [0, 0.05) is 17.2 Å². The van der Waals surface area contributed by atoms with Crippen molar-refractivity contribution in [3.05, 3.63) is 47.3 Å². The molecule has 7 heteroatoms. The highest BCUT2D eigenvalue weighted by Gasteiger charge is 2.16. The van der Waals surface area contributed by atoms with Crippen molar-refractivity contribution in [1.82, 2.24) is 0 Å². The van der Waals surface area contributed by atoms with E-state index >= 15 is 0 Å². The molecular weight excluding hydrogens is 293 g/mol. The average molecular weight is 305 g/mol. The summed E-state index contributed by atoms with van der Waals surface area (Å²) in [6.45, 7) is 1.22. The molecule has 0 spiro atoms. The van der Waals surface area contributed by atoms with E-state index in [1.807, 2.05) is 0 Å². The van der Waals surface area contributed by atoms with Crippen LogP contribution in [0.5, 0.6) is 17.2 Å². The molecular formula is C15H12FNO5. The van der Waals surface area contributed by atoms with Crippen LogP contribution < -0.4 is 5.32 Å². The van der Waals surface area contributed by atoms with Gasteiger partial charge in [-0.2, -0.15) is 0 Å². The van der Waals surface area contributed by atoms with Crippen LogP contribution in [0, 0.1) is 5.82 Å². The maximum Gasteiger partial charge on any atom is 0.255 e. The number of ketones is 1. The summed E-state index contributed by atoms with van der Waals surface area (Å²) in [5, 5.41) is 30.3. The monoisotopic (exact) mass is 305 g/mol. The second-order valence-corrected chi connectivity index (χ2v) is 4.56. The van der Waals surface area contributed by atoms with Gasteiger partial charge in [0.1, 0.15) is 0 Å². The van der Waals surface area contributed by atoms with E-state index in [9.17, 15) is 24.2 Å². The van der Waals surface area contributed by atoms with Crippen molar-refractivity contribution in [1.29, 1.82) is 0 Å². The van der Waals surface area contributed by atoms with Crippen LogP contribution in [0.1, 0.15) is 27.6 Å². The van der Waals surface area contributed by atoms with E-state index in [4.69, 9.17) is 5.11 Å². The molecule has 0 aromatic heterocycles. The summed E-state index contributed by atoms with van der Waals surface area (Å²) in [5.74, 6) is -3.76. The summed E-state index contributed by atoms with van der Waals surface area (Å²) >= 11 is 0. The summed E-state index contributed by atoms with van der Waals surface area (Å²) in [7, 11) is 0. The van der Waals surface area contributed by atoms with Gasteiger partial charge in [-0.1, -0.05) is 0 Å². The van der Waals surface area contributed by atoms with E-state index in [0.717, 1.165) is 24.3 Å². The van der Waals surface area contributed by atoms with E-state index in [2.05, 4.69) is 5.32 Å². The van der Waals surface area contributed by atoms with Crippen LogP contribution in [-0.2, 0) is 0 Å². The summed E-state index contributed by atoms with van der Waals surface area (Å²) in [6, 6.07) is 5.08. The summed E-state index contributed by atoms with van der Waals surface area (Å²) in [6.07, 6.45) is 0. The maximum absolute atomic E-state index is 13.2. The molecule has 22 heavy (non-hydrogen) atoms. The van der Waals surface area contributed by atoms with Crippen molar-refractivity contribution in [2.45, 2.75) is 6.92 Å². The highest BCUT2D eigenvalue weighted by Crippen LogP contribution is 2.32. The Labute approximate surface area is 124 Å². The number of amides is 1. The fraction of sp³-hybridized carbons (Fsp3) is 0.0667. The molecule has 1 amide bonds. The Hall–Kier alpha value is -3.09. The van der Waals surface area contributed by atoms with Gasteiger partial charge in [-0.25, -0.2) is 4.39 Å². The van der Waals surface area contributed by atoms with Crippen molar-refractivity contribution >= 4 is 17.4 Å². The molecule has 0 fully saturated rings. The Bertz CT molecular complexity index is 773. The molecule has 0 atom stereocenters. The second-order valence-electron chi connectivity index (χ2n) is 4.56. The molecule has 0 unspecified atom stereocenters. The van der Waals surface area contributed by atoms with Crippen molar-refractivity contribution in [2.75, 3.05) is 5.32 Å². The molecule has 0 saturated heterocycles. The second kappa shape index (κ2) is 5.72. The van der Waals surface area contributed by atoms with Gasteiger partial charge in [-0.05, 0) is 31.2 Å². The molecule has 0 bridgehead atoms. The molecule has 2 rings (SSSR count). The first-order valence-electron chi connectivity index (χ1n) is 6.16. The van der Waals surface area contributed by atoms with Crippen molar-refractivity contribution in [3.63, 3.8) is 0 Å². The topological polar surface area (TPSA) is 107 Å². The lowest BCUT2D eigenvalue weighted by Crippen LogP contribution is -2.14. The number of halogens is 1. The number of anilines is 1. The molecule has 0 saturated carbocycles. The number of aromatic hydroxyl groups is 3. The molecule has 0 aliphatic rings. The lowest BCUT2D eigenvalue weighted by Gasteiger charge is -2.11. The molecule has 6 nitrogen and oxygen atoms in total. The Kier molecular flexibility index (Phi) is 3.98. The molecule has 0 radical (unpaired) electrons. The highest BCUT2D eigenvalue weighted by atomic mass is 19.1. The van der Waals surface area contributed by atoms with E-state index in [1.54, 1.807) is 0 Å². The minimum atomic E-state index is -0.965. The lowest BCUT2D eigenvalue weighted by atomic mass is 10.1. The van der Waals surface area contributed by atoms with Crippen molar-refractivity contribution < 1.29 is 29.3 Å². The minimum Gasteiger partial charge on any atom is -0.505 e.